The number of carbonyl (C=O) groups is 1. The molecule has 1 aliphatic rings. The molecule has 3 N–H and O–H groups in total. The highest BCUT2D eigenvalue weighted by atomic mass is 16.3. The molecule has 3 aromatic rings. The Bertz CT molecular complexity index is 1160. The van der Waals surface area contributed by atoms with E-state index in [1.165, 1.54) is 24.8 Å². The zero-order chi connectivity index (χ0) is 30.0. The van der Waals surface area contributed by atoms with E-state index in [1.807, 2.05) is 60.7 Å². The molecule has 0 aliphatic carbocycles. The van der Waals surface area contributed by atoms with Gasteiger partial charge >= 0.3 is 0 Å². The molecule has 1 aliphatic heterocycles. The van der Waals surface area contributed by atoms with Crippen molar-refractivity contribution in [3.63, 3.8) is 0 Å². The van der Waals surface area contributed by atoms with Crippen LogP contribution in [-0.2, 0) is 15.6 Å². The largest absolute Gasteiger partial charge is 0.508 e. The second kappa shape index (κ2) is 14.6. The zero-order valence-corrected chi connectivity index (χ0v) is 25.9. The number of hydrogen-bond donors (Lipinski definition) is 2. The number of pyridine rings is 1. The SMILES string of the molecule is CC(C)N(CCC(C(N)=O)(c1ccccc1)c1ccccn1)C(C)C.CCCC1(c2cccc(O)c2)CCN(C)C1. The van der Waals surface area contributed by atoms with Crippen LogP contribution in [0.5, 0.6) is 5.75 Å². The molecule has 4 rings (SSSR count). The van der Waals surface area contributed by atoms with Crippen molar-refractivity contribution >= 4 is 5.91 Å². The second-order valence-corrected chi connectivity index (χ2v) is 12.1. The van der Waals surface area contributed by atoms with Gasteiger partial charge in [-0.15, -0.1) is 0 Å². The van der Waals surface area contributed by atoms with E-state index in [2.05, 4.69) is 62.5 Å². The number of nitrogens with zero attached hydrogens (tertiary/aromatic N) is 3. The first-order chi connectivity index (χ1) is 19.6. The molecule has 0 spiro atoms. The molecule has 1 saturated heterocycles. The van der Waals surface area contributed by atoms with Gasteiger partial charge in [0.2, 0.25) is 5.91 Å². The van der Waals surface area contributed by atoms with Crippen molar-refractivity contribution < 1.29 is 9.90 Å². The number of hydrogen-bond acceptors (Lipinski definition) is 5. The van der Waals surface area contributed by atoms with Crippen molar-refractivity contribution in [2.75, 3.05) is 26.7 Å². The second-order valence-electron chi connectivity index (χ2n) is 12.1. The molecule has 41 heavy (non-hydrogen) atoms. The summed E-state index contributed by atoms with van der Waals surface area (Å²) < 4.78 is 0. The van der Waals surface area contributed by atoms with Gasteiger partial charge in [-0.2, -0.15) is 0 Å². The van der Waals surface area contributed by atoms with Gasteiger partial charge in [0.1, 0.15) is 11.2 Å². The fourth-order valence-electron chi connectivity index (χ4n) is 6.54. The van der Waals surface area contributed by atoms with Gasteiger partial charge < -0.3 is 15.7 Å². The number of nitrogens with two attached hydrogens (primary N) is 1. The highest BCUT2D eigenvalue weighted by molar-refractivity contribution is 5.90. The maximum absolute atomic E-state index is 12.7. The molecule has 2 aromatic carbocycles. The van der Waals surface area contributed by atoms with E-state index in [1.54, 1.807) is 12.3 Å². The van der Waals surface area contributed by atoms with Crippen LogP contribution in [-0.4, -0.2) is 64.6 Å². The summed E-state index contributed by atoms with van der Waals surface area (Å²) in [6, 6.07) is 24.0. The quantitative estimate of drug-likeness (QED) is 0.296. The number of carbonyl (C=O) groups excluding carboxylic acids is 1. The molecule has 0 radical (unpaired) electrons. The van der Waals surface area contributed by atoms with Crippen molar-refractivity contribution in [3.05, 3.63) is 95.8 Å². The lowest BCUT2D eigenvalue weighted by Crippen LogP contribution is -2.47. The number of aromatic nitrogens is 1. The topological polar surface area (TPSA) is 82.7 Å². The predicted octanol–water partition coefficient (Wildman–Crippen LogP) is 6.13. The Balaban J connectivity index is 0.000000248. The summed E-state index contributed by atoms with van der Waals surface area (Å²) in [6.45, 7) is 14.0. The van der Waals surface area contributed by atoms with Gasteiger partial charge in [0, 0.05) is 36.8 Å². The lowest BCUT2D eigenvalue weighted by atomic mass is 9.73. The van der Waals surface area contributed by atoms with E-state index >= 15 is 0 Å². The molecule has 0 bridgehead atoms. The summed E-state index contributed by atoms with van der Waals surface area (Å²) >= 11 is 0. The third-order valence-corrected chi connectivity index (χ3v) is 8.59. The summed E-state index contributed by atoms with van der Waals surface area (Å²) in [5.74, 6) is 0.0346. The monoisotopic (exact) mass is 558 g/mol. The number of primary amides is 1. The first kappa shape index (κ1) is 32.3. The van der Waals surface area contributed by atoms with E-state index in [0.717, 1.165) is 25.2 Å². The molecule has 1 aromatic heterocycles. The van der Waals surface area contributed by atoms with Crippen LogP contribution < -0.4 is 5.73 Å². The summed E-state index contributed by atoms with van der Waals surface area (Å²) in [5, 5.41) is 9.61. The van der Waals surface area contributed by atoms with E-state index in [9.17, 15) is 9.90 Å². The molecule has 0 saturated carbocycles. The first-order valence-corrected chi connectivity index (χ1v) is 15.1. The van der Waals surface area contributed by atoms with Gasteiger partial charge in [0.05, 0.1) is 5.69 Å². The highest BCUT2D eigenvalue weighted by Gasteiger charge is 2.42. The Labute approximate surface area is 247 Å². The van der Waals surface area contributed by atoms with Crippen LogP contribution in [0.3, 0.4) is 0 Å². The third-order valence-electron chi connectivity index (χ3n) is 8.59. The maximum atomic E-state index is 12.7. The van der Waals surface area contributed by atoms with E-state index in [-0.39, 0.29) is 11.3 Å². The fraction of sp³-hybridized carbons (Fsp3) is 0.486. The van der Waals surface area contributed by atoms with Crippen LogP contribution in [0, 0.1) is 0 Å². The average molecular weight is 559 g/mol. The van der Waals surface area contributed by atoms with Crippen LogP contribution in [0.1, 0.15) is 77.1 Å². The number of aromatic hydroxyl groups is 1. The fourth-order valence-corrected chi connectivity index (χ4v) is 6.54. The first-order valence-electron chi connectivity index (χ1n) is 15.1. The van der Waals surface area contributed by atoms with Crippen LogP contribution in [0.4, 0.5) is 0 Å². The van der Waals surface area contributed by atoms with Gasteiger partial charge in [-0.05, 0) is 95.9 Å². The molecule has 222 valence electrons. The minimum atomic E-state index is -0.926. The Morgan fingerprint density at radius 3 is 2.24 bits per heavy atom. The van der Waals surface area contributed by atoms with Gasteiger partial charge in [0.25, 0.3) is 0 Å². The molecular formula is C35H50N4O2. The van der Waals surface area contributed by atoms with E-state index in [4.69, 9.17) is 5.73 Å². The number of benzene rings is 2. The molecule has 1 fully saturated rings. The van der Waals surface area contributed by atoms with Crippen LogP contribution >= 0.6 is 0 Å². The molecule has 2 atom stereocenters. The average Bonchev–Trinajstić information content (AvgIpc) is 3.33. The number of phenols is 1. The predicted molar refractivity (Wildman–Crippen MR) is 169 cm³/mol. The highest BCUT2D eigenvalue weighted by Crippen LogP contribution is 2.39. The molecule has 2 heterocycles. The van der Waals surface area contributed by atoms with Crippen molar-refractivity contribution in [3.8, 4) is 5.75 Å². The number of phenolic OH excluding ortho intramolecular Hbond substituents is 1. The van der Waals surface area contributed by atoms with Crippen molar-refractivity contribution in [1.82, 2.24) is 14.8 Å². The minimum absolute atomic E-state index is 0.266. The van der Waals surface area contributed by atoms with Crippen LogP contribution in [0.2, 0.25) is 0 Å². The van der Waals surface area contributed by atoms with Gasteiger partial charge in [-0.25, -0.2) is 0 Å². The maximum Gasteiger partial charge on any atom is 0.234 e. The molecule has 2 unspecified atom stereocenters. The van der Waals surface area contributed by atoms with Crippen LogP contribution in [0.25, 0.3) is 0 Å². The lowest BCUT2D eigenvalue weighted by Gasteiger charge is -2.36. The van der Waals surface area contributed by atoms with E-state index in [0.29, 0.717) is 29.9 Å². The van der Waals surface area contributed by atoms with Gasteiger partial charge in [-0.3, -0.25) is 14.7 Å². The van der Waals surface area contributed by atoms with E-state index < -0.39 is 5.41 Å². The Morgan fingerprint density at radius 1 is 1.05 bits per heavy atom. The molecule has 6 nitrogen and oxygen atoms in total. The number of likely N-dealkylation sites (N-methyl/N-ethyl adjacent to an activating group) is 1. The Hall–Kier alpha value is -3.22. The van der Waals surface area contributed by atoms with Crippen molar-refractivity contribution in [2.24, 2.45) is 5.73 Å². The minimum Gasteiger partial charge on any atom is -0.508 e. The number of amides is 1. The summed E-state index contributed by atoms with van der Waals surface area (Å²) in [6.07, 6.45) is 5.93. The van der Waals surface area contributed by atoms with Crippen LogP contribution in [0.15, 0.2) is 79.0 Å². The smallest absolute Gasteiger partial charge is 0.234 e. The number of likely N-dealkylation sites (tertiary alicyclic amines) is 1. The third kappa shape index (κ3) is 7.75. The normalized spacial score (nSPS) is 18.8. The van der Waals surface area contributed by atoms with Crippen molar-refractivity contribution in [1.29, 1.82) is 0 Å². The summed E-state index contributed by atoms with van der Waals surface area (Å²) in [4.78, 5) is 22.0. The molecule has 6 heteroatoms. The summed E-state index contributed by atoms with van der Waals surface area (Å²) in [7, 11) is 2.18. The Kier molecular flexibility index (Phi) is 11.5. The lowest BCUT2D eigenvalue weighted by molar-refractivity contribution is -0.122. The zero-order valence-electron chi connectivity index (χ0n) is 25.9. The van der Waals surface area contributed by atoms with Gasteiger partial charge in [-0.1, -0.05) is 61.9 Å². The van der Waals surface area contributed by atoms with Gasteiger partial charge in [0.15, 0.2) is 0 Å². The summed E-state index contributed by atoms with van der Waals surface area (Å²) in [5.41, 5.74) is 8.23. The number of rotatable bonds is 11. The molecule has 1 amide bonds. The molecular weight excluding hydrogens is 508 g/mol. The Morgan fingerprint density at radius 2 is 1.73 bits per heavy atom. The standard InChI is InChI=1S/C21H29N3O.C14H21NO/c1-16(2)24(17(3)4)15-13-21(20(22)25,18-10-6-5-7-11-18)19-12-8-9-14-23-19;1-3-7-14(8-9-15(2)11-14)12-5-4-6-13(16)10-12/h5-12,14,16-17H,13,15H2,1-4H3,(H2,22,25);4-6,10,16H,3,7-9,11H2,1-2H3. The van der Waals surface area contributed by atoms with Crippen molar-refractivity contribution in [2.45, 2.75) is 83.2 Å².